The molecule has 6 rings (SSSR count). The standard InChI is InChI=1S/C29H21N3O7S/c1-15-21(28(36)37-3)23(16-10-12-17(13-11-16)39-27(35)20-9-6-14-38-20)32-26(34)24(40-29(32)30-15)22-18-7-4-5-8-19(18)31(2)25(22)33/h4-14,23H,1-3H3/b24-22-/t23-/m0/s1. The zero-order chi connectivity index (χ0) is 28.1. The summed E-state index contributed by atoms with van der Waals surface area (Å²) in [5.41, 5.74) is 2.32. The van der Waals surface area contributed by atoms with Crippen LogP contribution in [0.1, 0.15) is 34.6 Å². The second kappa shape index (κ2) is 9.62. The molecule has 0 bridgehead atoms. The Morgan fingerprint density at radius 1 is 1.00 bits per heavy atom. The van der Waals surface area contributed by atoms with Gasteiger partial charge in [0.25, 0.3) is 11.5 Å². The Hall–Kier alpha value is -5.03. The first-order valence-corrected chi connectivity index (χ1v) is 13.0. The van der Waals surface area contributed by atoms with Gasteiger partial charge in [0.1, 0.15) is 10.3 Å². The smallest absolute Gasteiger partial charge is 0.379 e. The molecule has 2 aromatic heterocycles. The van der Waals surface area contributed by atoms with Crippen LogP contribution in [0.4, 0.5) is 5.69 Å². The van der Waals surface area contributed by atoms with E-state index >= 15 is 0 Å². The molecule has 40 heavy (non-hydrogen) atoms. The third kappa shape index (κ3) is 3.90. The van der Waals surface area contributed by atoms with Gasteiger partial charge >= 0.3 is 11.9 Å². The Kier molecular flexibility index (Phi) is 6.07. The van der Waals surface area contributed by atoms with Crippen LogP contribution in [0.5, 0.6) is 5.75 Å². The number of hydrogen-bond donors (Lipinski definition) is 0. The molecule has 0 spiro atoms. The van der Waals surface area contributed by atoms with Crippen molar-refractivity contribution in [1.29, 1.82) is 0 Å². The molecule has 200 valence electrons. The van der Waals surface area contributed by atoms with E-state index in [-0.39, 0.29) is 27.5 Å². The summed E-state index contributed by atoms with van der Waals surface area (Å²) in [7, 11) is 2.92. The van der Waals surface area contributed by atoms with Gasteiger partial charge in [-0.2, -0.15) is 0 Å². The lowest BCUT2D eigenvalue weighted by Crippen LogP contribution is -2.40. The molecular formula is C29H21N3O7S. The molecule has 0 fully saturated rings. The minimum absolute atomic E-state index is 0.0534. The van der Waals surface area contributed by atoms with Crippen LogP contribution in [0.15, 0.2) is 92.4 Å². The number of fused-ring (bicyclic) bond motifs is 2. The number of methoxy groups -OCH3 is 1. The minimum Gasteiger partial charge on any atom is -0.466 e. The van der Waals surface area contributed by atoms with Crippen molar-refractivity contribution in [3.05, 3.63) is 115 Å². The molecule has 2 aliphatic rings. The number of anilines is 1. The number of carbonyl (C=O) groups is 3. The predicted molar refractivity (Wildman–Crippen MR) is 145 cm³/mol. The molecule has 0 saturated heterocycles. The Morgan fingerprint density at radius 3 is 2.45 bits per heavy atom. The molecule has 11 heteroatoms. The molecule has 0 saturated carbocycles. The van der Waals surface area contributed by atoms with Gasteiger partial charge in [-0.05, 0) is 42.8 Å². The number of furan rings is 1. The molecule has 0 radical (unpaired) electrons. The van der Waals surface area contributed by atoms with Crippen molar-refractivity contribution >= 4 is 40.4 Å². The minimum atomic E-state index is -0.891. The number of carbonyl (C=O) groups excluding carboxylic acids is 3. The van der Waals surface area contributed by atoms with Gasteiger partial charge in [0.15, 0.2) is 4.80 Å². The van der Waals surface area contributed by atoms with Crippen molar-refractivity contribution in [2.45, 2.75) is 13.0 Å². The lowest BCUT2D eigenvalue weighted by Gasteiger charge is -2.24. The molecule has 4 heterocycles. The van der Waals surface area contributed by atoms with Crippen LogP contribution >= 0.6 is 11.3 Å². The third-order valence-corrected chi connectivity index (χ3v) is 7.87. The summed E-state index contributed by atoms with van der Waals surface area (Å²) < 4.78 is 17.1. The van der Waals surface area contributed by atoms with Crippen molar-refractivity contribution in [1.82, 2.24) is 4.57 Å². The number of amides is 1. The number of benzene rings is 2. The first-order valence-electron chi connectivity index (χ1n) is 12.2. The lowest BCUT2D eigenvalue weighted by molar-refractivity contribution is -0.136. The van der Waals surface area contributed by atoms with Gasteiger partial charge in [0, 0.05) is 12.6 Å². The van der Waals surface area contributed by atoms with E-state index in [9.17, 15) is 19.2 Å². The van der Waals surface area contributed by atoms with Crippen LogP contribution in [0.3, 0.4) is 0 Å². The van der Waals surface area contributed by atoms with Crippen molar-refractivity contribution in [3.63, 3.8) is 0 Å². The fourth-order valence-corrected chi connectivity index (χ4v) is 6.05. The highest BCUT2D eigenvalue weighted by Gasteiger charge is 2.36. The van der Waals surface area contributed by atoms with Crippen molar-refractivity contribution in [3.8, 4) is 5.75 Å². The van der Waals surface area contributed by atoms with Gasteiger partial charge in [-0.15, -0.1) is 0 Å². The van der Waals surface area contributed by atoms with E-state index < -0.39 is 23.5 Å². The average molecular weight is 556 g/mol. The Labute approximate surface area is 230 Å². The topological polar surface area (TPSA) is 120 Å². The van der Waals surface area contributed by atoms with Gasteiger partial charge in [0.05, 0.1) is 41.9 Å². The summed E-state index contributed by atoms with van der Waals surface area (Å²) in [6, 6.07) is 15.9. The van der Waals surface area contributed by atoms with Crippen LogP contribution < -0.4 is 24.5 Å². The van der Waals surface area contributed by atoms with E-state index in [2.05, 4.69) is 4.99 Å². The van der Waals surface area contributed by atoms with E-state index in [0.29, 0.717) is 32.9 Å². The second-order valence-electron chi connectivity index (χ2n) is 9.09. The zero-order valence-corrected chi connectivity index (χ0v) is 22.4. The zero-order valence-electron chi connectivity index (χ0n) is 21.5. The number of ether oxygens (including phenoxy) is 2. The lowest BCUT2D eigenvalue weighted by atomic mass is 9.96. The Morgan fingerprint density at radius 2 is 1.75 bits per heavy atom. The number of likely N-dealkylation sites (N-methyl/N-ethyl adjacent to an activating group) is 1. The van der Waals surface area contributed by atoms with Gasteiger partial charge < -0.3 is 18.8 Å². The molecular weight excluding hydrogens is 534 g/mol. The number of esters is 2. The number of para-hydroxylation sites is 1. The number of allylic oxidation sites excluding steroid dienone is 1. The molecule has 4 aromatic rings. The average Bonchev–Trinajstić information content (AvgIpc) is 3.67. The van der Waals surface area contributed by atoms with E-state index in [0.717, 1.165) is 11.3 Å². The van der Waals surface area contributed by atoms with Crippen LogP contribution in [0.2, 0.25) is 0 Å². The van der Waals surface area contributed by atoms with Crippen LogP contribution in [0.25, 0.3) is 5.57 Å². The SMILES string of the molecule is COC(=O)C1=C(C)N=c2s/c(=C3\C(=O)N(C)c4ccccc43)c(=O)n2[C@H]1c1ccc(OC(=O)c2ccco2)cc1. The third-order valence-electron chi connectivity index (χ3n) is 6.81. The fourth-order valence-electron chi connectivity index (χ4n) is 4.92. The highest BCUT2D eigenvalue weighted by atomic mass is 32.1. The van der Waals surface area contributed by atoms with E-state index in [1.807, 2.05) is 18.2 Å². The van der Waals surface area contributed by atoms with Crippen molar-refractivity contribution in [2.24, 2.45) is 4.99 Å². The summed E-state index contributed by atoms with van der Waals surface area (Å²) in [6.45, 7) is 1.67. The Balaban J connectivity index is 1.51. The van der Waals surface area contributed by atoms with Gasteiger partial charge in [-0.3, -0.25) is 14.2 Å². The molecule has 0 unspecified atom stereocenters. The van der Waals surface area contributed by atoms with Gasteiger partial charge in [0.2, 0.25) is 5.76 Å². The molecule has 1 amide bonds. The first-order chi connectivity index (χ1) is 19.3. The highest BCUT2D eigenvalue weighted by Crippen LogP contribution is 2.35. The quantitative estimate of drug-likeness (QED) is 0.280. The number of aromatic nitrogens is 1. The number of hydrogen-bond acceptors (Lipinski definition) is 9. The second-order valence-corrected chi connectivity index (χ2v) is 10.1. The molecule has 0 N–H and O–H groups in total. The van der Waals surface area contributed by atoms with Crippen molar-refractivity contribution in [2.75, 3.05) is 19.1 Å². The van der Waals surface area contributed by atoms with E-state index in [1.165, 1.54) is 28.9 Å². The first kappa shape index (κ1) is 25.3. The maximum atomic E-state index is 14.0. The summed E-state index contributed by atoms with van der Waals surface area (Å²) >= 11 is 1.10. The van der Waals surface area contributed by atoms with Gasteiger partial charge in [-0.25, -0.2) is 14.6 Å². The largest absolute Gasteiger partial charge is 0.466 e. The maximum Gasteiger partial charge on any atom is 0.379 e. The molecule has 2 aromatic carbocycles. The number of rotatable bonds is 4. The monoisotopic (exact) mass is 555 g/mol. The molecule has 0 aliphatic carbocycles. The fraction of sp³-hybridized carbons (Fsp3) is 0.138. The maximum absolute atomic E-state index is 14.0. The van der Waals surface area contributed by atoms with Crippen LogP contribution in [0, 0.1) is 0 Å². The Bertz CT molecular complexity index is 1910. The van der Waals surface area contributed by atoms with E-state index in [1.54, 1.807) is 50.4 Å². The summed E-state index contributed by atoms with van der Waals surface area (Å²) in [5.74, 6) is -1.30. The van der Waals surface area contributed by atoms with E-state index in [4.69, 9.17) is 13.9 Å². The highest BCUT2D eigenvalue weighted by molar-refractivity contribution is 7.07. The van der Waals surface area contributed by atoms with Gasteiger partial charge in [-0.1, -0.05) is 41.7 Å². The van der Waals surface area contributed by atoms with Crippen LogP contribution in [-0.4, -0.2) is 36.6 Å². The van der Waals surface area contributed by atoms with Crippen molar-refractivity contribution < 1.29 is 28.3 Å². The van der Waals surface area contributed by atoms with Crippen LogP contribution in [-0.2, 0) is 14.3 Å². The molecule has 1 atom stereocenters. The number of nitrogens with zero attached hydrogens (tertiary/aromatic N) is 3. The summed E-state index contributed by atoms with van der Waals surface area (Å²) in [5, 5.41) is 0. The number of thiazole rings is 1. The summed E-state index contributed by atoms with van der Waals surface area (Å²) in [6.07, 6.45) is 1.37. The summed E-state index contributed by atoms with van der Waals surface area (Å²) in [4.78, 5) is 58.9. The predicted octanol–water partition coefficient (Wildman–Crippen LogP) is 2.57. The molecule has 10 nitrogen and oxygen atoms in total. The normalized spacial score (nSPS) is 17.3. The molecule has 2 aliphatic heterocycles.